The molecule has 3 aromatic heterocycles. The van der Waals surface area contributed by atoms with E-state index in [-0.39, 0.29) is 0 Å². The van der Waals surface area contributed by atoms with Gasteiger partial charge >= 0.3 is 0 Å². The first kappa shape index (κ1) is 28.0. The van der Waals surface area contributed by atoms with Crippen LogP contribution in [-0.2, 0) is 0 Å². The number of rotatable bonds is 4. The van der Waals surface area contributed by atoms with Crippen LogP contribution < -0.4 is 4.90 Å². The summed E-state index contributed by atoms with van der Waals surface area (Å²) in [6.07, 6.45) is 0. The summed E-state index contributed by atoms with van der Waals surface area (Å²) in [7, 11) is 0. The number of hydrogen-bond acceptors (Lipinski definition) is 3. The number of anilines is 3. The van der Waals surface area contributed by atoms with Gasteiger partial charge in [0, 0.05) is 68.2 Å². The first-order valence-electron chi connectivity index (χ1n) is 16.9. The molecule has 11 aromatic rings. The topological polar surface area (TPSA) is 8.17 Å². The van der Waals surface area contributed by atoms with E-state index in [1.807, 2.05) is 22.7 Å². The van der Waals surface area contributed by atoms with Gasteiger partial charge in [0.05, 0.1) is 16.7 Å². The van der Waals surface area contributed by atoms with E-state index in [9.17, 15) is 0 Å². The predicted octanol–water partition coefficient (Wildman–Crippen LogP) is 14.1. The van der Waals surface area contributed by atoms with Crippen LogP contribution in [0.4, 0.5) is 17.1 Å². The molecule has 0 atom stereocenters. The van der Waals surface area contributed by atoms with Gasteiger partial charge in [-0.25, -0.2) is 0 Å². The maximum absolute atomic E-state index is 2.48. The normalized spacial score (nSPS) is 12.0. The van der Waals surface area contributed by atoms with Crippen molar-refractivity contribution in [3.63, 3.8) is 0 Å². The van der Waals surface area contributed by atoms with Crippen molar-refractivity contribution < 1.29 is 0 Å². The van der Waals surface area contributed by atoms with Gasteiger partial charge in [-0.1, -0.05) is 97.1 Å². The summed E-state index contributed by atoms with van der Waals surface area (Å²) < 4.78 is 7.63. The lowest BCUT2D eigenvalue weighted by Gasteiger charge is -2.27. The third-order valence-electron chi connectivity index (χ3n) is 10.1. The minimum Gasteiger partial charge on any atom is -0.310 e. The van der Waals surface area contributed by atoms with E-state index in [1.54, 1.807) is 0 Å². The van der Waals surface area contributed by atoms with Crippen LogP contribution in [0.1, 0.15) is 0 Å². The lowest BCUT2D eigenvalue weighted by atomic mass is 10.0. The Morgan fingerprint density at radius 2 is 0.960 bits per heavy atom. The Morgan fingerprint density at radius 3 is 1.76 bits per heavy atom. The summed E-state index contributed by atoms with van der Waals surface area (Å²) in [5.74, 6) is 0. The summed E-state index contributed by atoms with van der Waals surface area (Å²) in [4.78, 5) is 2.48. The highest BCUT2D eigenvalue weighted by Gasteiger charge is 2.22. The number of benzene rings is 8. The Hall–Kier alpha value is -5.94. The van der Waals surface area contributed by atoms with Gasteiger partial charge < -0.3 is 9.47 Å². The summed E-state index contributed by atoms with van der Waals surface area (Å²) in [5.41, 5.74) is 7.02. The molecule has 3 heterocycles. The lowest BCUT2D eigenvalue weighted by Crippen LogP contribution is -2.10. The first-order chi connectivity index (χ1) is 24.8. The fourth-order valence-electron chi connectivity index (χ4n) is 7.91. The zero-order valence-corrected chi connectivity index (χ0v) is 28.5. The van der Waals surface area contributed by atoms with Gasteiger partial charge in [0.2, 0.25) is 0 Å². The average Bonchev–Trinajstić information content (AvgIpc) is 3.83. The molecule has 0 aliphatic heterocycles. The van der Waals surface area contributed by atoms with Gasteiger partial charge in [0.25, 0.3) is 0 Å². The maximum Gasteiger partial charge on any atom is 0.0562 e. The van der Waals surface area contributed by atoms with Gasteiger partial charge in [0.1, 0.15) is 0 Å². The van der Waals surface area contributed by atoms with Gasteiger partial charge in [-0.2, -0.15) is 0 Å². The molecule has 0 spiro atoms. The molecule has 50 heavy (non-hydrogen) atoms. The Balaban J connectivity index is 1.20. The molecule has 0 radical (unpaired) electrons. The molecule has 0 saturated carbocycles. The Kier molecular flexibility index (Phi) is 6.03. The fourth-order valence-corrected chi connectivity index (χ4v) is 10.2. The van der Waals surface area contributed by atoms with Gasteiger partial charge in [0.15, 0.2) is 0 Å². The van der Waals surface area contributed by atoms with Crippen LogP contribution in [0.5, 0.6) is 0 Å². The largest absolute Gasteiger partial charge is 0.310 e. The van der Waals surface area contributed by atoms with E-state index in [4.69, 9.17) is 0 Å². The fraction of sp³-hybridized carbons (Fsp3) is 0. The summed E-state index contributed by atoms with van der Waals surface area (Å²) in [5, 5.41) is 10.3. The summed E-state index contributed by atoms with van der Waals surface area (Å²) in [6.45, 7) is 0. The quantitative estimate of drug-likeness (QED) is 0.181. The average molecular weight is 673 g/mol. The van der Waals surface area contributed by atoms with Crippen molar-refractivity contribution in [2.75, 3.05) is 4.90 Å². The van der Waals surface area contributed by atoms with Crippen LogP contribution in [0, 0.1) is 0 Å². The zero-order chi connectivity index (χ0) is 32.8. The van der Waals surface area contributed by atoms with E-state index >= 15 is 0 Å². The number of para-hydroxylation sites is 2. The second-order valence-electron chi connectivity index (χ2n) is 13.0. The van der Waals surface area contributed by atoms with Crippen molar-refractivity contribution in [2.45, 2.75) is 0 Å². The van der Waals surface area contributed by atoms with Gasteiger partial charge in [-0.15, -0.1) is 22.7 Å². The van der Waals surface area contributed by atoms with E-state index < -0.39 is 0 Å². The van der Waals surface area contributed by atoms with E-state index in [0.717, 1.165) is 17.1 Å². The third-order valence-corrected chi connectivity index (χ3v) is 12.4. The molecular formula is C46H28N2S2. The molecule has 2 nitrogen and oxygen atoms in total. The van der Waals surface area contributed by atoms with Crippen LogP contribution >= 0.6 is 22.7 Å². The summed E-state index contributed by atoms with van der Waals surface area (Å²) in [6, 6.07) is 62.5. The van der Waals surface area contributed by atoms with Crippen molar-refractivity contribution in [3.8, 4) is 5.69 Å². The Bertz CT molecular complexity index is 3110. The second kappa shape index (κ2) is 10.8. The molecule has 234 valence electrons. The number of fused-ring (bicyclic) bond motifs is 10. The molecule has 0 N–H and O–H groups in total. The van der Waals surface area contributed by atoms with Crippen molar-refractivity contribution in [1.29, 1.82) is 0 Å². The molecule has 0 aliphatic rings. The molecule has 0 fully saturated rings. The molecule has 0 aliphatic carbocycles. The van der Waals surface area contributed by atoms with E-state index in [0.29, 0.717) is 0 Å². The van der Waals surface area contributed by atoms with Gasteiger partial charge in [-0.3, -0.25) is 0 Å². The Labute approximate surface area is 296 Å². The number of hydrogen-bond donors (Lipinski definition) is 0. The molecule has 0 amide bonds. The van der Waals surface area contributed by atoms with Crippen LogP contribution in [0.25, 0.3) is 78.6 Å². The Morgan fingerprint density at radius 1 is 0.380 bits per heavy atom. The number of nitrogens with zero attached hydrogens (tertiary/aromatic N) is 2. The highest BCUT2D eigenvalue weighted by atomic mass is 32.1. The van der Waals surface area contributed by atoms with Crippen LogP contribution in [0.3, 0.4) is 0 Å². The highest BCUT2D eigenvalue weighted by Crippen LogP contribution is 2.47. The van der Waals surface area contributed by atoms with Crippen LogP contribution in [-0.4, -0.2) is 4.57 Å². The minimum absolute atomic E-state index is 1.15. The standard InChI is InChI=1S/C46H28N2S2/c1-2-13-31(14-3-1)48-39-17-8-6-16-37(39)46-40(18-10-19-41(46)48)47(32-21-23-35-34-15-7-9-20-42(34)49-44(35)27-32)33-22-24-36-38-25-29-11-4-5-12-30(29)26-43(38)50-45(36)28-33/h1-28H. The van der Waals surface area contributed by atoms with Crippen molar-refractivity contribution in [3.05, 3.63) is 170 Å². The van der Waals surface area contributed by atoms with Crippen molar-refractivity contribution >= 4 is 113 Å². The zero-order valence-electron chi connectivity index (χ0n) is 26.9. The predicted molar refractivity (Wildman–Crippen MR) is 219 cm³/mol. The monoisotopic (exact) mass is 672 g/mol. The lowest BCUT2D eigenvalue weighted by molar-refractivity contribution is 1.18. The van der Waals surface area contributed by atoms with E-state index in [2.05, 4.69) is 179 Å². The van der Waals surface area contributed by atoms with Crippen molar-refractivity contribution in [2.24, 2.45) is 0 Å². The van der Waals surface area contributed by atoms with Crippen LogP contribution in [0.15, 0.2) is 170 Å². The molecule has 0 unspecified atom stereocenters. The molecule has 4 heteroatoms. The third kappa shape index (κ3) is 4.13. The molecule has 8 aromatic carbocycles. The van der Waals surface area contributed by atoms with Crippen molar-refractivity contribution in [1.82, 2.24) is 4.57 Å². The smallest absolute Gasteiger partial charge is 0.0562 e. The molecular weight excluding hydrogens is 645 g/mol. The molecule has 0 saturated heterocycles. The summed E-state index contributed by atoms with van der Waals surface area (Å²) >= 11 is 3.75. The maximum atomic E-state index is 2.48. The molecule has 0 bridgehead atoms. The van der Waals surface area contributed by atoms with E-state index in [1.165, 1.54) is 78.6 Å². The SMILES string of the molecule is c1ccc(-n2c3ccccc3c3c(N(c4ccc5c(c4)sc4ccccc45)c4ccc5c(c4)sc4cc6ccccc6cc45)cccc32)cc1. The van der Waals surface area contributed by atoms with Crippen LogP contribution in [0.2, 0.25) is 0 Å². The van der Waals surface area contributed by atoms with Gasteiger partial charge in [-0.05, 0) is 83.6 Å². The highest BCUT2D eigenvalue weighted by molar-refractivity contribution is 7.26. The first-order valence-corrected chi connectivity index (χ1v) is 18.6. The minimum atomic E-state index is 1.15. The number of aromatic nitrogens is 1. The molecule has 11 rings (SSSR count). The number of thiophene rings is 2. The second-order valence-corrected chi connectivity index (χ2v) is 15.1.